The maximum absolute atomic E-state index is 2.32. The Hall–Kier alpha value is -5.40. The summed E-state index contributed by atoms with van der Waals surface area (Å²) >= 11 is 0. The Labute approximate surface area is 262 Å². The fraction of sp³-hybridized carbons (Fsp3) is 0.0698. The fourth-order valence-corrected chi connectivity index (χ4v) is 5.61. The van der Waals surface area contributed by atoms with Gasteiger partial charge in [0.2, 0.25) is 0 Å². The van der Waals surface area contributed by atoms with Crippen LogP contribution in [0.5, 0.6) is 0 Å². The van der Waals surface area contributed by atoms with Crippen molar-refractivity contribution in [1.29, 1.82) is 0 Å². The number of aryl methyl sites for hydroxylation is 1. The maximum Gasteiger partial charge on any atom is 0.0432 e. The Morgan fingerprint density at radius 2 is 0.977 bits per heavy atom. The molecule has 6 aromatic rings. The molecule has 0 fully saturated rings. The van der Waals surface area contributed by atoms with Crippen LogP contribution in [0.1, 0.15) is 38.9 Å². The first-order valence-corrected chi connectivity index (χ1v) is 15.2. The molecule has 0 aliphatic rings. The summed E-state index contributed by atoms with van der Waals surface area (Å²) in [5, 5.41) is 0. The summed E-state index contributed by atoms with van der Waals surface area (Å²) in [4.78, 5) is 2.32. The molecule has 0 aliphatic heterocycles. The van der Waals surface area contributed by atoms with Crippen molar-refractivity contribution in [2.45, 2.75) is 13.5 Å². The number of rotatable bonds is 9. The summed E-state index contributed by atoms with van der Waals surface area (Å²) in [6.07, 6.45) is 6.63. The lowest BCUT2D eigenvalue weighted by Gasteiger charge is -2.22. The van der Waals surface area contributed by atoms with Crippen molar-refractivity contribution >= 4 is 29.5 Å². The van der Waals surface area contributed by atoms with Crippen LogP contribution in [0.2, 0.25) is 0 Å². The van der Waals surface area contributed by atoms with Crippen molar-refractivity contribution in [3.05, 3.63) is 197 Å². The molecule has 0 aliphatic carbocycles. The monoisotopic (exact) mass is 567 g/mol. The summed E-state index contributed by atoms with van der Waals surface area (Å²) < 4.78 is 0. The Kier molecular flexibility index (Phi) is 8.95. The molecule has 0 N–H and O–H groups in total. The van der Waals surface area contributed by atoms with Crippen LogP contribution in [0.4, 0.5) is 5.69 Å². The van der Waals surface area contributed by atoms with Gasteiger partial charge in [-0.05, 0) is 80.8 Å². The number of anilines is 1. The van der Waals surface area contributed by atoms with Crippen molar-refractivity contribution in [2.24, 2.45) is 0 Å². The third-order valence-electron chi connectivity index (χ3n) is 8.08. The first-order chi connectivity index (χ1) is 21.6. The molecule has 0 unspecified atom stereocenters. The standard InChI is InChI=1S/C43H37N/c1-33-13-9-11-19-41(33)42-20-12-10-18-39(42)32-44(2)40-29-27-35(28-30-40)22-21-34-23-25-36(26-24-34)31-43(37-14-5-3-6-15-37)38-16-7-4-8-17-38/h3-31H,32H2,1-2H3. The van der Waals surface area contributed by atoms with Crippen LogP contribution in [-0.2, 0) is 6.54 Å². The molecule has 0 saturated carbocycles. The molecule has 1 heteroatoms. The van der Waals surface area contributed by atoms with Gasteiger partial charge < -0.3 is 4.90 Å². The van der Waals surface area contributed by atoms with Gasteiger partial charge in [-0.1, -0.05) is 158 Å². The van der Waals surface area contributed by atoms with Crippen molar-refractivity contribution in [3.63, 3.8) is 0 Å². The number of hydrogen-bond donors (Lipinski definition) is 0. The molecule has 6 rings (SSSR count). The van der Waals surface area contributed by atoms with E-state index in [1.807, 2.05) is 0 Å². The Bertz CT molecular complexity index is 1820. The minimum Gasteiger partial charge on any atom is -0.370 e. The summed E-state index contributed by atoms with van der Waals surface area (Å²) in [5.41, 5.74) is 13.6. The second-order valence-corrected chi connectivity index (χ2v) is 11.2. The van der Waals surface area contributed by atoms with E-state index in [1.54, 1.807) is 0 Å². The van der Waals surface area contributed by atoms with Gasteiger partial charge in [-0.25, -0.2) is 0 Å². The quantitative estimate of drug-likeness (QED) is 0.157. The minimum absolute atomic E-state index is 0.844. The van der Waals surface area contributed by atoms with Gasteiger partial charge in [0.15, 0.2) is 0 Å². The highest BCUT2D eigenvalue weighted by molar-refractivity contribution is 5.91. The molecule has 0 atom stereocenters. The van der Waals surface area contributed by atoms with Crippen LogP contribution < -0.4 is 4.90 Å². The smallest absolute Gasteiger partial charge is 0.0432 e. The van der Waals surface area contributed by atoms with Crippen LogP contribution in [0, 0.1) is 6.92 Å². The highest BCUT2D eigenvalue weighted by atomic mass is 15.1. The van der Waals surface area contributed by atoms with Gasteiger partial charge in [0.1, 0.15) is 0 Å². The van der Waals surface area contributed by atoms with Gasteiger partial charge in [-0.3, -0.25) is 0 Å². The Balaban J connectivity index is 1.14. The zero-order valence-corrected chi connectivity index (χ0v) is 25.4. The maximum atomic E-state index is 2.32. The molecular formula is C43H37N. The number of benzene rings is 6. The number of hydrogen-bond acceptors (Lipinski definition) is 1. The summed E-state index contributed by atoms with van der Waals surface area (Å²) in [6.45, 7) is 3.03. The predicted molar refractivity (Wildman–Crippen MR) is 190 cm³/mol. The molecule has 1 nitrogen and oxygen atoms in total. The number of nitrogens with zero attached hydrogens (tertiary/aromatic N) is 1. The first-order valence-electron chi connectivity index (χ1n) is 15.2. The lowest BCUT2D eigenvalue weighted by atomic mass is 9.95. The van der Waals surface area contributed by atoms with E-state index in [9.17, 15) is 0 Å². The lowest BCUT2D eigenvalue weighted by Crippen LogP contribution is -2.16. The highest BCUT2D eigenvalue weighted by Crippen LogP contribution is 2.29. The molecule has 0 saturated heterocycles. The van der Waals surface area contributed by atoms with Crippen molar-refractivity contribution in [1.82, 2.24) is 0 Å². The third kappa shape index (κ3) is 6.97. The van der Waals surface area contributed by atoms with Crippen LogP contribution >= 0.6 is 0 Å². The largest absolute Gasteiger partial charge is 0.370 e. The molecule has 0 bridgehead atoms. The fourth-order valence-electron chi connectivity index (χ4n) is 5.61. The van der Waals surface area contributed by atoms with Crippen molar-refractivity contribution < 1.29 is 0 Å². The van der Waals surface area contributed by atoms with E-state index >= 15 is 0 Å². The zero-order chi connectivity index (χ0) is 30.1. The summed E-state index contributed by atoms with van der Waals surface area (Å²) in [5.74, 6) is 0. The lowest BCUT2D eigenvalue weighted by molar-refractivity contribution is 0.924. The van der Waals surface area contributed by atoms with Crippen molar-refractivity contribution in [2.75, 3.05) is 11.9 Å². The van der Waals surface area contributed by atoms with E-state index in [0.717, 1.165) is 6.54 Å². The topological polar surface area (TPSA) is 3.24 Å². The molecular weight excluding hydrogens is 530 g/mol. The van der Waals surface area contributed by atoms with E-state index in [-0.39, 0.29) is 0 Å². The zero-order valence-electron chi connectivity index (χ0n) is 25.4. The van der Waals surface area contributed by atoms with Crippen LogP contribution in [0.3, 0.4) is 0 Å². The Morgan fingerprint density at radius 1 is 0.500 bits per heavy atom. The Morgan fingerprint density at radius 3 is 1.57 bits per heavy atom. The summed E-state index contributed by atoms with van der Waals surface area (Å²) in [6, 6.07) is 56.1. The molecule has 6 aromatic carbocycles. The molecule has 0 aromatic heterocycles. The first kappa shape index (κ1) is 28.7. The van der Waals surface area contributed by atoms with Crippen LogP contribution in [0.15, 0.2) is 158 Å². The van der Waals surface area contributed by atoms with E-state index < -0.39 is 0 Å². The molecule has 44 heavy (non-hydrogen) atoms. The minimum atomic E-state index is 0.844. The molecule has 0 heterocycles. The summed E-state index contributed by atoms with van der Waals surface area (Å²) in [7, 11) is 2.16. The molecule has 0 amide bonds. The van der Waals surface area contributed by atoms with Crippen molar-refractivity contribution in [3.8, 4) is 11.1 Å². The third-order valence-corrected chi connectivity index (χ3v) is 8.08. The average molecular weight is 568 g/mol. The van der Waals surface area contributed by atoms with Gasteiger partial charge in [0, 0.05) is 19.3 Å². The van der Waals surface area contributed by atoms with E-state index in [2.05, 4.69) is 195 Å². The van der Waals surface area contributed by atoms with Gasteiger partial charge in [0.25, 0.3) is 0 Å². The molecule has 214 valence electrons. The highest BCUT2D eigenvalue weighted by Gasteiger charge is 2.10. The van der Waals surface area contributed by atoms with Crippen LogP contribution in [0.25, 0.3) is 34.9 Å². The van der Waals surface area contributed by atoms with Crippen LogP contribution in [-0.4, -0.2) is 7.05 Å². The van der Waals surface area contributed by atoms with Gasteiger partial charge >= 0.3 is 0 Å². The SMILES string of the molecule is Cc1ccccc1-c1ccccc1CN(C)c1ccc(C=Cc2ccc(C=C(c3ccccc3)c3ccccc3)cc2)cc1. The normalized spacial score (nSPS) is 11.0. The molecule has 0 spiro atoms. The van der Waals surface area contributed by atoms with Gasteiger partial charge in [-0.15, -0.1) is 0 Å². The average Bonchev–Trinajstić information content (AvgIpc) is 3.08. The second kappa shape index (κ2) is 13.7. The van der Waals surface area contributed by atoms with Gasteiger partial charge in [0.05, 0.1) is 0 Å². The van der Waals surface area contributed by atoms with Gasteiger partial charge in [-0.2, -0.15) is 0 Å². The molecule has 0 radical (unpaired) electrons. The van der Waals surface area contributed by atoms with E-state index in [4.69, 9.17) is 0 Å². The van der Waals surface area contributed by atoms with E-state index in [0.29, 0.717) is 0 Å². The second-order valence-electron chi connectivity index (χ2n) is 11.2. The predicted octanol–water partition coefficient (Wildman–Crippen LogP) is 11.1. The van der Waals surface area contributed by atoms with E-state index in [1.165, 1.54) is 61.3 Å².